The molecule has 0 amide bonds. The predicted octanol–water partition coefficient (Wildman–Crippen LogP) is 5.39. The van der Waals surface area contributed by atoms with Crippen molar-refractivity contribution in [1.29, 1.82) is 0 Å². The molecule has 2 rings (SSSR count). The van der Waals surface area contributed by atoms with Crippen LogP contribution in [0, 0.1) is 13.8 Å². The van der Waals surface area contributed by atoms with Crippen molar-refractivity contribution >= 4 is 0 Å². The van der Waals surface area contributed by atoms with E-state index in [1.165, 1.54) is 28.7 Å². The summed E-state index contributed by atoms with van der Waals surface area (Å²) in [6.07, 6.45) is 1.25. The van der Waals surface area contributed by atoms with Crippen LogP contribution in [0.4, 0.5) is 0 Å². The van der Waals surface area contributed by atoms with Crippen molar-refractivity contribution in [3.63, 3.8) is 0 Å². The quantitative estimate of drug-likeness (QED) is 0.612. The Kier molecular flexibility index (Phi) is 5.48. The molecule has 2 aromatic carbocycles. The van der Waals surface area contributed by atoms with Gasteiger partial charge in [0.25, 0.3) is 0 Å². The van der Waals surface area contributed by atoms with E-state index < -0.39 is 0 Å². The molecule has 0 aliphatic rings. The average Bonchev–Trinajstić information content (AvgIpc) is 2.32. The predicted molar refractivity (Wildman–Crippen MR) is 77.3 cm³/mol. The third-order valence-electron chi connectivity index (χ3n) is 2.44. The maximum absolute atomic E-state index is 2.17. The lowest BCUT2D eigenvalue weighted by Crippen LogP contribution is -1.78. The Balaban J connectivity index is 0.000000437. The Morgan fingerprint density at radius 3 is 1.06 bits per heavy atom. The SMILES string of the molecule is CCC.Cc1ccc(-c2ccc(C)cc2)cc1. The van der Waals surface area contributed by atoms with E-state index in [2.05, 4.69) is 76.2 Å². The average molecular weight is 226 g/mol. The van der Waals surface area contributed by atoms with E-state index in [9.17, 15) is 0 Å². The Bertz CT molecular complexity index is 377. The normalized spacial score (nSPS) is 9.41. The van der Waals surface area contributed by atoms with Gasteiger partial charge in [-0.05, 0) is 25.0 Å². The second kappa shape index (κ2) is 6.90. The van der Waals surface area contributed by atoms with Crippen LogP contribution in [0.25, 0.3) is 11.1 Å². The molecule has 0 nitrogen and oxygen atoms in total. The van der Waals surface area contributed by atoms with Crippen molar-refractivity contribution < 1.29 is 0 Å². The molecule has 0 aromatic heterocycles. The third-order valence-corrected chi connectivity index (χ3v) is 2.44. The monoisotopic (exact) mass is 226 g/mol. The van der Waals surface area contributed by atoms with Crippen LogP contribution in [0.1, 0.15) is 31.4 Å². The lowest BCUT2D eigenvalue weighted by atomic mass is 10.0. The summed E-state index contributed by atoms with van der Waals surface area (Å²) in [5, 5.41) is 0. The van der Waals surface area contributed by atoms with Gasteiger partial charge < -0.3 is 0 Å². The standard InChI is InChI=1S/C14H14.C3H8/c1-11-3-7-13(8-4-11)14-9-5-12(2)6-10-14;1-3-2/h3-10H,1-2H3;3H2,1-2H3. The molecule has 2 aromatic rings. The highest BCUT2D eigenvalue weighted by molar-refractivity contribution is 5.63. The summed E-state index contributed by atoms with van der Waals surface area (Å²) < 4.78 is 0. The summed E-state index contributed by atoms with van der Waals surface area (Å²) in [4.78, 5) is 0. The van der Waals surface area contributed by atoms with Gasteiger partial charge in [0, 0.05) is 0 Å². The molecule has 0 N–H and O–H groups in total. The molecular weight excluding hydrogens is 204 g/mol. The molecule has 0 aliphatic heterocycles. The molecule has 0 radical (unpaired) electrons. The van der Waals surface area contributed by atoms with E-state index in [-0.39, 0.29) is 0 Å². The van der Waals surface area contributed by atoms with Crippen molar-refractivity contribution in [2.45, 2.75) is 34.1 Å². The van der Waals surface area contributed by atoms with Gasteiger partial charge in [-0.3, -0.25) is 0 Å². The van der Waals surface area contributed by atoms with Gasteiger partial charge >= 0.3 is 0 Å². The topological polar surface area (TPSA) is 0 Å². The summed E-state index contributed by atoms with van der Waals surface area (Å²) in [5.41, 5.74) is 5.19. The first kappa shape index (κ1) is 13.5. The third kappa shape index (κ3) is 4.44. The number of benzene rings is 2. The molecule has 0 spiro atoms. The molecule has 0 bridgehead atoms. The van der Waals surface area contributed by atoms with Crippen molar-refractivity contribution in [2.24, 2.45) is 0 Å². The fourth-order valence-electron chi connectivity index (χ4n) is 1.49. The molecule has 0 heterocycles. The highest BCUT2D eigenvalue weighted by atomic mass is 14.0. The summed E-state index contributed by atoms with van der Waals surface area (Å²) in [5.74, 6) is 0. The van der Waals surface area contributed by atoms with Gasteiger partial charge in [-0.25, -0.2) is 0 Å². The molecule has 0 saturated heterocycles. The van der Waals surface area contributed by atoms with Gasteiger partial charge in [-0.15, -0.1) is 0 Å². The summed E-state index contributed by atoms with van der Waals surface area (Å²) in [6.45, 7) is 8.47. The minimum absolute atomic E-state index is 1.25. The van der Waals surface area contributed by atoms with E-state index in [4.69, 9.17) is 0 Å². The van der Waals surface area contributed by atoms with Crippen molar-refractivity contribution in [1.82, 2.24) is 0 Å². The maximum Gasteiger partial charge on any atom is -0.0184 e. The van der Waals surface area contributed by atoms with Crippen LogP contribution in [-0.4, -0.2) is 0 Å². The van der Waals surface area contributed by atoms with E-state index in [0.717, 1.165) is 0 Å². The molecule has 0 fully saturated rings. The minimum Gasteiger partial charge on any atom is -0.0656 e. The smallest absolute Gasteiger partial charge is 0.0184 e. The van der Waals surface area contributed by atoms with Gasteiger partial charge in [-0.1, -0.05) is 79.9 Å². The highest BCUT2D eigenvalue weighted by Crippen LogP contribution is 2.19. The number of aryl methyl sites for hydroxylation is 2. The number of hydrogen-bond acceptors (Lipinski definition) is 0. The zero-order valence-electron chi connectivity index (χ0n) is 11.3. The van der Waals surface area contributed by atoms with Crippen LogP contribution in [-0.2, 0) is 0 Å². The van der Waals surface area contributed by atoms with Gasteiger partial charge in [0.15, 0.2) is 0 Å². The Labute approximate surface area is 105 Å². The van der Waals surface area contributed by atoms with Crippen LogP contribution in [0.2, 0.25) is 0 Å². The van der Waals surface area contributed by atoms with Crippen LogP contribution in [0.15, 0.2) is 48.5 Å². The summed E-state index contributed by atoms with van der Waals surface area (Å²) >= 11 is 0. The minimum atomic E-state index is 1.25. The fourth-order valence-corrected chi connectivity index (χ4v) is 1.49. The van der Waals surface area contributed by atoms with Crippen LogP contribution < -0.4 is 0 Å². The van der Waals surface area contributed by atoms with Gasteiger partial charge in [-0.2, -0.15) is 0 Å². The van der Waals surface area contributed by atoms with Crippen molar-refractivity contribution in [3.05, 3.63) is 59.7 Å². The summed E-state index contributed by atoms with van der Waals surface area (Å²) in [7, 11) is 0. The number of hydrogen-bond donors (Lipinski definition) is 0. The molecule has 0 atom stereocenters. The Morgan fingerprint density at radius 2 is 0.824 bits per heavy atom. The van der Waals surface area contributed by atoms with Crippen LogP contribution >= 0.6 is 0 Å². The van der Waals surface area contributed by atoms with Gasteiger partial charge in [0.05, 0.1) is 0 Å². The zero-order chi connectivity index (χ0) is 12.7. The molecule has 0 aliphatic carbocycles. The zero-order valence-corrected chi connectivity index (χ0v) is 11.3. The second-order valence-corrected chi connectivity index (χ2v) is 4.44. The van der Waals surface area contributed by atoms with E-state index >= 15 is 0 Å². The Morgan fingerprint density at radius 1 is 0.588 bits per heavy atom. The first-order valence-corrected chi connectivity index (χ1v) is 6.31. The van der Waals surface area contributed by atoms with E-state index in [1.54, 1.807) is 0 Å². The van der Waals surface area contributed by atoms with Crippen LogP contribution in [0.5, 0.6) is 0 Å². The van der Waals surface area contributed by atoms with E-state index in [1.807, 2.05) is 0 Å². The van der Waals surface area contributed by atoms with Crippen molar-refractivity contribution in [2.75, 3.05) is 0 Å². The highest BCUT2D eigenvalue weighted by Gasteiger charge is 1.95. The first-order valence-electron chi connectivity index (χ1n) is 6.31. The molecule has 17 heavy (non-hydrogen) atoms. The lowest BCUT2D eigenvalue weighted by Gasteiger charge is -2.02. The molecule has 90 valence electrons. The molecule has 0 unspecified atom stereocenters. The second-order valence-electron chi connectivity index (χ2n) is 4.44. The fraction of sp³-hybridized carbons (Fsp3) is 0.294. The Hall–Kier alpha value is -1.56. The largest absolute Gasteiger partial charge is 0.0656 e. The van der Waals surface area contributed by atoms with Crippen LogP contribution in [0.3, 0.4) is 0 Å². The van der Waals surface area contributed by atoms with Crippen molar-refractivity contribution in [3.8, 4) is 11.1 Å². The van der Waals surface area contributed by atoms with E-state index in [0.29, 0.717) is 0 Å². The maximum atomic E-state index is 2.17. The van der Waals surface area contributed by atoms with Gasteiger partial charge in [0.1, 0.15) is 0 Å². The number of rotatable bonds is 1. The molecule has 0 saturated carbocycles. The summed E-state index contributed by atoms with van der Waals surface area (Å²) in [6, 6.07) is 17.3. The lowest BCUT2D eigenvalue weighted by molar-refractivity contribution is 1.09. The molecular formula is C17H22. The first-order chi connectivity index (χ1) is 8.17. The van der Waals surface area contributed by atoms with Gasteiger partial charge in [0.2, 0.25) is 0 Å². The molecule has 0 heteroatoms.